The molecule has 27 heavy (non-hydrogen) atoms. The van der Waals surface area contributed by atoms with Crippen molar-refractivity contribution in [1.29, 1.82) is 0 Å². The average Bonchev–Trinajstić information content (AvgIpc) is 3.13. The summed E-state index contributed by atoms with van der Waals surface area (Å²) >= 11 is 6.89. The molecule has 1 aromatic carbocycles. The molecule has 0 bridgehead atoms. The lowest BCUT2D eigenvalue weighted by atomic mass is 10.1. The molecule has 2 amide bonds. The van der Waals surface area contributed by atoms with E-state index < -0.39 is 22.9 Å². The third-order valence-corrected chi connectivity index (χ3v) is 5.66. The van der Waals surface area contributed by atoms with Gasteiger partial charge in [0.15, 0.2) is 0 Å². The summed E-state index contributed by atoms with van der Waals surface area (Å²) in [6, 6.07) is 2.11. The summed E-state index contributed by atoms with van der Waals surface area (Å²) in [5, 5.41) is 1.51. The van der Waals surface area contributed by atoms with Crippen molar-refractivity contribution in [3.05, 3.63) is 33.2 Å². The van der Waals surface area contributed by atoms with Gasteiger partial charge in [-0.3, -0.25) is 14.9 Å². The molecule has 5 nitrogen and oxygen atoms in total. The van der Waals surface area contributed by atoms with Crippen molar-refractivity contribution < 1.29 is 22.8 Å². The lowest BCUT2D eigenvalue weighted by molar-refractivity contribution is -0.137. The highest BCUT2D eigenvalue weighted by atomic mass is 35.5. The number of nitrogens with one attached hydrogen (secondary N) is 1. The van der Waals surface area contributed by atoms with Gasteiger partial charge in [0.1, 0.15) is 0 Å². The minimum absolute atomic E-state index is 0.0363. The molecule has 2 fully saturated rings. The zero-order valence-corrected chi connectivity index (χ0v) is 16.1. The summed E-state index contributed by atoms with van der Waals surface area (Å²) in [6.07, 6.45) is -2.44. The van der Waals surface area contributed by atoms with Crippen LogP contribution in [-0.2, 0) is 11.0 Å². The van der Waals surface area contributed by atoms with Gasteiger partial charge in [-0.15, -0.1) is 0 Å². The molecule has 0 saturated carbocycles. The second kappa shape index (κ2) is 7.37. The van der Waals surface area contributed by atoms with Gasteiger partial charge in [-0.2, -0.15) is 13.2 Å². The van der Waals surface area contributed by atoms with Crippen molar-refractivity contribution in [2.24, 2.45) is 0 Å². The van der Waals surface area contributed by atoms with Crippen LogP contribution in [0.1, 0.15) is 17.5 Å². The van der Waals surface area contributed by atoms with Gasteiger partial charge >= 0.3 is 6.18 Å². The van der Waals surface area contributed by atoms with E-state index in [2.05, 4.69) is 10.2 Å². The number of anilines is 1. The van der Waals surface area contributed by atoms with E-state index in [4.69, 9.17) is 11.6 Å². The molecule has 0 spiro atoms. The Morgan fingerprint density at radius 3 is 2.56 bits per heavy atom. The molecular weight excluding hydrogens is 403 g/mol. The molecule has 1 N–H and O–H groups in total. The quantitative estimate of drug-likeness (QED) is 0.755. The van der Waals surface area contributed by atoms with Crippen LogP contribution in [0.3, 0.4) is 0 Å². The molecule has 2 aliphatic heterocycles. The topological polar surface area (TPSA) is 52.6 Å². The van der Waals surface area contributed by atoms with E-state index in [-0.39, 0.29) is 21.5 Å². The Labute approximate surface area is 163 Å². The highest BCUT2D eigenvalue weighted by Gasteiger charge is 2.34. The minimum atomic E-state index is -4.58. The number of carbonyl (C=O) groups excluding carboxylic acids is 2. The number of imide groups is 1. The lowest BCUT2D eigenvalue weighted by Crippen LogP contribution is -2.31. The third kappa shape index (κ3) is 4.25. The standard InChI is InChI=1S/C17H17ClF3N3O2S/c1-23(2)11-3-4-24(8-11)14-9(6-13-15(25)22-16(26)27-13)5-10(7-12(14)18)17(19,20)21/h5-7,11H,3-4,8H2,1-2H3,(H,22,25,26)/t11-/m0/s1. The van der Waals surface area contributed by atoms with Crippen LogP contribution < -0.4 is 10.2 Å². The Hall–Kier alpha value is -1.71. The number of alkyl halides is 3. The van der Waals surface area contributed by atoms with Gasteiger partial charge in [0.05, 0.1) is 21.2 Å². The molecule has 1 atom stereocenters. The highest BCUT2D eigenvalue weighted by Crippen LogP contribution is 2.41. The van der Waals surface area contributed by atoms with Crippen molar-refractivity contribution in [1.82, 2.24) is 10.2 Å². The first-order valence-electron chi connectivity index (χ1n) is 8.13. The molecule has 1 aromatic rings. The predicted molar refractivity (Wildman–Crippen MR) is 99.9 cm³/mol. The van der Waals surface area contributed by atoms with Gasteiger partial charge in [0.25, 0.3) is 11.1 Å². The molecular formula is C17H17ClF3N3O2S. The second-order valence-corrected chi connectivity index (χ2v) is 8.02. The molecule has 2 saturated heterocycles. The fourth-order valence-corrected chi connectivity index (χ4v) is 4.18. The van der Waals surface area contributed by atoms with Crippen LogP contribution in [0.4, 0.5) is 23.7 Å². The van der Waals surface area contributed by atoms with Crippen molar-refractivity contribution in [3.63, 3.8) is 0 Å². The molecule has 0 radical (unpaired) electrons. The number of hydrogen-bond acceptors (Lipinski definition) is 5. The summed E-state index contributed by atoms with van der Waals surface area (Å²) in [6.45, 7) is 1.23. The number of rotatable bonds is 3. The number of benzene rings is 1. The number of carbonyl (C=O) groups is 2. The molecule has 2 heterocycles. The Bertz CT molecular complexity index is 826. The first-order chi connectivity index (χ1) is 12.6. The second-order valence-electron chi connectivity index (χ2n) is 6.60. The number of nitrogens with zero attached hydrogens (tertiary/aromatic N) is 2. The van der Waals surface area contributed by atoms with Gasteiger partial charge < -0.3 is 9.80 Å². The number of thioether (sulfide) groups is 1. The summed E-state index contributed by atoms with van der Waals surface area (Å²) in [5.74, 6) is -0.628. The zero-order valence-electron chi connectivity index (χ0n) is 14.6. The van der Waals surface area contributed by atoms with Crippen LogP contribution in [0.5, 0.6) is 0 Å². The predicted octanol–water partition coefficient (Wildman–Crippen LogP) is 3.82. The molecule has 3 rings (SSSR count). The molecule has 0 aliphatic carbocycles. The first kappa shape index (κ1) is 20.0. The van der Waals surface area contributed by atoms with Crippen molar-refractivity contribution >= 4 is 46.3 Å². The van der Waals surface area contributed by atoms with E-state index in [1.54, 1.807) is 0 Å². The number of likely N-dealkylation sites (N-methyl/N-ethyl adjacent to an activating group) is 1. The monoisotopic (exact) mass is 419 g/mol. The maximum Gasteiger partial charge on any atom is 0.416 e. The van der Waals surface area contributed by atoms with Gasteiger partial charge in [-0.25, -0.2) is 0 Å². The highest BCUT2D eigenvalue weighted by molar-refractivity contribution is 8.18. The van der Waals surface area contributed by atoms with Crippen LogP contribution >= 0.6 is 23.4 Å². The van der Waals surface area contributed by atoms with E-state index in [1.165, 1.54) is 6.08 Å². The number of hydrogen-bond donors (Lipinski definition) is 1. The van der Waals surface area contributed by atoms with E-state index in [0.717, 1.165) is 18.6 Å². The summed E-state index contributed by atoms with van der Waals surface area (Å²) in [4.78, 5) is 27.2. The third-order valence-electron chi connectivity index (χ3n) is 4.56. The molecule has 10 heteroatoms. The SMILES string of the molecule is CN(C)[C@H]1CCN(c2c(Cl)cc(C(F)(F)F)cc2C=C2SC(=O)NC2=O)C1. The summed E-state index contributed by atoms with van der Waals surface area (Å²) in [5.41, 5.74) is -0.294. The minimum Gasteiger partial charge on any atom is -0.368 e. The van der Waals surface area contributed by atoms with Crippen molar-refractivity contribution in [2.45, 2.75) is 18.6 Å². The van der Waals surface area contributed by atoms with E-state index >= 15 is 0 Å². The Kier molecular flexibility index (Phi) is 5.47. The summed E-state index contributed by atoms with van der Waals surface area (Å²) in [7, 11) is 3.88. The Balaban J connectivity index is 2.08. The normalized spacial score (nSPS) is 22.3. The molecule has 146 valence electrons. The Morgan fingerprint density at radius 1 is 1.33 bits per heavy atom. The van der Waals surface area contributed by atoms with E-state index in [9.17, 15) is 22.8 Å². The zero-order chi connectivity index (χ0) is 19.9. The van der Waals surface area contributed by atoms with Crippen molar-refractivity contribution in [3.8, 4) is 0 Å². The largest absolute Gasteiger partial charge is 0.416 e. The average molecular weight is 420 g/mol. The first-order valence-corrected chi connectivity index (χ1v) is 9.32. The van der Waals surface area contributed by atoms with Crippen LogP contribution in [0.15, 0.2) is 17.0 Å². The smallest absolute Gasteiger partial charge is 0.368 e. The van der Waals surface area contributed by atoms with Gasteiger partial charge in [0, 0.05) is 24.7 Å². The maximum atomic E-state index is 13.2. The fourth-order valence-electron chi connectivity index (χ4n) is 3.16. The van der Waals surface area contributed by atoms with E-state index in [1.807, 2.05) is 19.0 Å². The summed E-state index contributed by atoms with van der Waals surface area (Å²) < 4.78 is 39.7. The lowest BCUT2D eigenvalue weighted by Gasteiger charge is -2.25. The number of halogens is 4. The molecule has 2 aliphatic rings. The molecule has 0 aromatic heterocycles. The van der Waals surface area contributed by atoms with Crippen LogP contribution in [0.25, 0.3) is 6.08 Å². The van der Waals surface area contributed by atoms with E-state index in [0.29, 0.717) is 30.5 Å². The van der Waals surface area contributed by atoms with Gasteiger partial charge in [-0.05, 0) is 50.5 Å². The van der Waals surface area contributed by atoms with Crippen LogP contribution in [0.2, 0.25) is 5.02 Å². The van der Waals surface area contributed by atoms with Gasteiger partial charge in [0.2, 0.25) is 0 Å². The van der Waals surface area contributed by atoms with Crippen LogP contribution in [0, 0.1) is 0 Å². The number of amides is 2. The van der Waals surface area contributed by atoms with Crippen LogP contribution in [-0.4, -0.2) is 49.3 Å². The fraction of sp³-hybridized carbons (Fsp3) is 0.412. The Morgan fingerprint density at radius 2 is 2.04 bits per heavy atom. The maximum absolute atomic E-state index is 13.2. The molecule has 0 unspecified atom stereocenters. The van der Waals surface area contributed by atoms with Crippen molar-refractivity contribution in [2.75, 3.05) is 32.1 Å². The van der Waals surface area contributed by atoms with Gasteiger partial charge in [-0.1, -0.05) is 11.6 Å².